The molecule has 0 bridgehead atoms. The third kappa shape index (κ3) is 3.57. The molecule has 23 heavy (non-hydrogen) atoms. The molecule has 0 aliphatic carbocycles. The second kappa shape index (κ2) is 6.98. The summed E-state index contributed by atoms with van der Waals surface area (Å²) in [6.07, 6.45) is 0. The minimum Gasteiger partial charge on any atom is -0.484 e. The highest BCUT2D eigenvalue weighted by Gasteiger charge is 2.18. The number of ether oxygens (including phenoxy) is 1. The van der Waals surface area contributed by atoms with E-state index in [2.05, 4.69) is 22.3 Å². The van der Waals surface area contributed by atoms with Crippen LogP contribution in [0.3, 0.4) is 0 Å². The smallest absolute Gasteiger partial charge is 0.257 e. The van der Waals surface area contributed by atoms with Gasteiger partial charge in [0.2, 0.25) is 0 Å². The van der Waals surface area contributed by atoms with E-state index < -0.39 is 0 Å². The minimum atomic E-state index is 0.282. The summed E-state index contributed by atoms with van der Waals surface area (Å²) in [5.74, 6) is 4.32. The zero-order chi connectivity index (χ0) is 15.5. The Morgan fingerprint density at radius 3 is 2.65 bits per heavy atom. The fraction of sp³-hybridized carbons (Fsp3) is 0.250. The maximum Gasteiger partial charge on any atom is 0.257 e. The Labute approximate surface area is 146 Å². The summed E-state index contributed by atoms with van der Waals surface area (Å²) >= 11 is 5.58. The Morgan fingerprint density at radius 1 is 1.09 bits per heavy atom. The van der Waals surface area contributed by atoms with E-state index in [-0.39, 0.29) is 6.61 Å². The highest BCUT2D eigenvalue weighted by molar-refractivity contribution is 8.19. The molecule has 0 atom stereocenters. The molecule has 0 unspecified atom stereocenters. The predicted octanol–water partition coefficient (Wildman–Crippen LogP) is 4.86. The van der Waals surface area contributed by atoms with Gasteiger partial charge < -0.3 is 9.15 Å². The molecular weight excluding hydrogens is 348 g/mol. The molecule has 118 valence electrons. The largest absolute Gasteiger partial charge is 0.484 e. The second-order valence-corrected chi connectivity index (χ2v) is 8.58. The molecular formula is C16H14N2O2S3. The van der Waals surface area contributed by atoms with Crippen molar-refractivity contribution in [3.63, 3.8) is 0 Å². The minimum absolute atomic E-state index is 0.282. The lowest BCUT2D eigenvalue weighted by Gasteiger charge is -2.09. The summed E-state index contributed by atoms with van der Waals surface area (Å²) in [5, 5.41) is 10.1. The van der Waals surface area contributed by atoms with Crippen LogP contribution in [-0.4, -0.2) is 21.7 Å². The van der Waals surface area contributed by atoms with Crippen LogP contribution in [0.4, 0.5) is 0 Å². The molecule has 1 aliphatic rings. The van der Waals surface area contributed by atoms with Crippen LogP contribution in [0.15, 0.2) is 46.2 Å². The number of rotatable bonds is 5. The molecule has 1 aromatic carbocycles. The average Bonchev–Trinajstić information content (AvgIpc) is 3.35. The van der Waals surface area contributed by atoms with Crippen molar-refractivity contribution in [1.29, 1.82) is 0 Å². The zero-order valence-electron chi connectivity index (χ0n) is 12.2. The van der Waals surface area contributed by atoms with Gasteiger partial charge in [-0.15, -0.1) is 45.1 Å². The van der Waals surface area contributed by atoms with Gasteiger partial charge in [0, 0.05) is 11.5 Å². The van der Waals surface area contributed by atoms with Crippen LogP contribution >= 0.6 is 34.9 Å². The van der Waals surface area contributed by atoms with E-state index in [0.29, 0.717) is 16.4 Å². The lowest BCUT2D eigenvalue weighted by Crippen LogP contribution is -1.96. The second-order valence-electron chi connectivity index (χ2n) is 4.91. The van der Waals surface area contributed by atoms with Crippen LogP contribution in [0.1, 0.15) is 16.0 Å². The number of aromatic nitrogens is 2. The molecule has 0 spiro atoms. The van der Waals surface area contributed by atoms with Crippen molar-refractivity contribution in [3.05, 3.63) is 53.2 Å². The van der Waals surface area contributed by atoms with Gasteiger partial charge in [0.15, 0.2) is 6.61 Å². The maximum absolute atomic E-state index is 5.73. The summed E-state index contributed by atoms with van der Waals surface area (Å²) in [7, 11) is 0. The average molecular weight is 363 g/mol. The number of benzene rings is 1. The van der Waals surface area contributed by atoms with Crippen LogP contribution < -0.4 is 4.74 Å². The fourth-order valence-corrected chi connectivity index (χ4v) is 5.73. The van der Waals surface area contributed by atoms with Gasteiger partial charge in [-0.1, -0.05) is 18.2 Å². The van der Waals surface area contributed by atoms with Crippen molar-refractivity contribution in [3.8, 4) is 16.5 Å². The van der Waals surface area contributed by atoms with Crippen LogP contribution in [0.2, 0.25) is 0 Å². The number of nitrogens with zero attached hydrogens (tertiary/aromatic N) is 2. The number of hydrogen-bond acceptors (Lipinski definition) is 7. The van der Waals surface area contributed by atoms with Crippen LogP contribution in [0.25, 0.3) is 10.8 Å². The molecule has 7 heteroatoms. The molecule has 1 aliphatic heterocycles. The Morgan fingerprint density at radius 2 is 1.91 bits per heavy atom. The van der Waals surface area contributed by atoms with Gasteiger partial charge in [0.25, 0.3) is 11.8 Å². The molecule has 0 N–H and O–H groups in total. The molecule has 0 amide bonds. The molecule has 2 aromatic heterocycles. The predicted molar refractivity (Wildman–Crippen MR) is 96.0 cm³/mol. The maximum atomic E-state index is 5.73. The van der Waals surface area contributed by atoms with E-state index in [1.165, 1.54) is 17.1 Å². The molecule has 3 aromatic rings. The summed E-state index contributed by atoms with van der Waals surface area (Å²) in [5.41, 5.74) is 1.35. The first-order valence-corrected chi connectivity index (χ1v) is 10.2. The van der Waals surface area contributed by atoms with E-state index in [1.54, 1.807) is 11.3 Å². The van der Waals surface area contributed by atoms with E-state index in [4.69, 9.17) is 9.15 Å². The first-order chi connectivity index (χ1) is 11.4. The van der Waals surface area contributed by atoms with E-state index in [1.807, 2.05) is 53.2 Å². The van der Waals surface area contributed by atoms with Gasteiger partial charge in [-0.2, -0.15) is 0 Å². The van der Waals surface area contributed by atoms with Crippen molar-refractivity contribution in [2.24, 2.45) is 0 Å². The SMILES string of the molecule is c1csc(-c2nnc(COc3ccc(C4SCCS4)cc3)o2)c1. The molecule has 4 rings (SSSR count). The van der Waals surface area contributed by atoms with Gasteiger partial charge in [-0.05, 0) is 29.1 Å². The van der Waals surface area contributed by atoms with Crippen molar-refractivity contribution < 1.29 is 9.15 Å². The first kappa shape index (κ1) is 15.1. The highest BCUT2D eigenvalue weighted by atomic mass is 32.2. The molecule has 1 saturated heterocycles. The molecule has 1 fully saturated rings. The lowest BCUT2D eigenvalue weighted by molar-refractivity contribution is 0.264. The van der Waals surface area contributed by atoms with Gasteiger partial charge in [0.05, 0.1) is 9.46 Å². The molecule has 4 nitrogen and oxygen atoms in total. The molecule has 0 radical (unpaired) electrons. The van der Waals surface area contributed by atoms with Crippen LogP contribution in [0.5, 0.6) is 5.75 Å². The van der Waals surface area contributed by atoms with Gasteiger partial charge in [-0.3, -0.25) is 0 Å². The number of thiophene rings is 1. The van der Waals surface area contributed by atoms with Crippen LogP contribution in [0, 0.1) is 0 Å². The van der Waals surface area contributed by atoms with Gasteiger partial charge in [0.1, 0.15) is 5.75 Å². The Balaban J connectivity index is 1.37. The van der Waals surface area contributed by atoms with Crippen molar-refractivity contribution in [1.82, 2.24) is 10.2 Å². The third-order valence-electron chi connectivity index (χ3n) is 3.34. The summed E-state index contributed by atoms with van der Waals surface area (Å²) in [6, 6.07) is 12.2. The lowest BCUT2D eigenvalue weighted by atomic mass is 10.2. The first-order valence-electron chi connectivity index (χ1n) is 7.21. The Hall–Kier alpha value is -1.44. The number of hydrogen-bond donors (Lipinski definition) is 0. The Kier molecular flexibility index (Phi) is 4.59. The van der Waals surface area contributed by atoms with E-state index >= 15 is 0 Å². The van der Waals surface area contributed by atoms with E-state index in [0.717, 1.165) is 10.6 Å². The quantitative estimate of drug-likeness (QED) is 0.646. The monoisotopic (exact) mass is 362 g/mol. The topological polar surface area (TPSA) is 48.2 Å². The van der Waals surface area contributed by atoms with Gasteiger partial charge >= 0.3 is 0 Å². The van der Waals surface area contributed by atoms with Crippen molar-refractivity contribution in [2.75, 3.05) is 11.5 Å². The highest BCUT2D eigenvalue weighted by Crippen LogP contribution is 2.45. The van der Waals surface area contributed by atoms with Gasteiger partial charge in [-0.25, -0.2) is 0 Å². The summed E-state index contributed by atoms with van der Waals surface area (Å²) in [4.78, 5) is 0.972. The Bertz CT molecular complexity index is 750. The summed E-state index contributed by atoms with van der Waals surface area (Å²) < 4.78 is 11.9. The number of thioether (sulfide) groups is 2. The third-order valence-corrected chi connectivity index (χ3v) is 7.30. The van der Waals surface area contributed by atoms with Crippen molar-refractivity contribution >= 4 is 34.9 Å². The normalized spacial score (nSPS) is 15.1. The standard InChI is InChI=1S/C16H14N2O2S3/c1-2-13(21-7-1)15-18-17-14(20-15)10-19-12-5-3-11(4-6-12)16-22-8-9-23-16/h1-7,16H,8-10H2. The van der Waals surface area contributed by atoms with Crippen LogP contribution in [-0.2, 0) is 6.61 Å². The fourth-order valence-electron chi connectivity index (χ4n) is 2.23. The molecule has 0 saturated carbocycles. The molecule has 3 heterocycles. The summed E-state index contributed by atoms with van der Waals surface area (Å²) in [6.45, 7) is 0.282. The zero-order valence-corrected chi connectivity index (χ0v) is 14.6. The van der Waals surface area contributed by atoms with Crippen molar-refractivity contribution in [2.45, 2.75) is 11.2 Å². The van der Waals surface area contributed by atoms with E-state index in [9.17, 15) is 0 Å².